The molecule has 1 aliphatic heterocycles. The number of aromatic nitrogens is 1. The number of halogens is 3. The van der Waals surface area contributed by atoms with Crippen LogP contribution >= 0.6 is 0 Å². The fourth-order valence-corrected chi connectivity index (χ4v) is 3.78. The number of anilines is 1. The number of amides is 4. The fraction of sp³-hybridized carbons (Fsp3) is 0.200. The SMILES string of the molecule is CC(=O)NC(c1ccncc1)N1C(=O)N(c2ccc(OC(F)(F)F)cc2)C(=O)C1C.c1cc2cc-2c1. The molecular formula is C25H21F3N4O4. The molecule has 1 fully saturated rings. The molecule has 3 aliphatic rings. The number of nitrogens with zero attached hydrogens (tertiary/aromatic N) is 3. The number of pyridine rings is 1. The molecule has 0 bridgehead atoms. The van der Waals surface area contributed by atoms with Gasteiger partial charge in [-0.1, -0.05) is 18.2 Å². The third-order valence-electron chi connectivity index (χ3n) is 5.49. The second-order valence-electron chi connectivity index (χ2n) is 8.05. The van der Waals surface area contributed by atoms with Crippen molar-refractivity contribution in [2.24, 2.45) is 0 Å². The Morgan fingerprint density at radius 3 is 2.11 bits per heavy atom. The summed E-state index contributed by atoms with van der Waals surface area (Å²) in [5.41, 5.74) is 3.46. The molecule has 1 saturated heterocycles. The Morgan fingerprint density at radius 1 is 1.03 bits per heavy atom. The third-order valence-corrected chi connectivity index (χ3v) is 5.49. The number of urea groups is 1. The van der Waals surface area contributed by atoms with E-state index in [4.69, 9.17) is 0 Å². The van der Waals surface area contributed by atoms with Gasteiger partial charge in [0.05, 0.1) is 5.69 Å². The van der Waals surface area contributed by atoms with E-state index in [2.05, 4.69) is 39.3 Å². The summed E-state index contributed by atoms with van der Waals surface area (Å²) in [6.07, 6.45) is -2.83. The number of carbonyl (C=O) groups excluding carboxylic acids is 3. The molecule has 11 heteroatoms. The highest BCUT2D eigenvalue weighted by Gasteiger charge is 2.47. The van der Waals surface area contributed by atoms with Gasteiger partial charge in [0.2, 0.25) is 5.91 Å². The molecule has 4 amide bonds. The Hall–Kier alpha value is -4.41. The largest absolute Gasteiger partial charge is 0.573 e. The number of hydrogen-bond acceptors (Lipinski definition) is 5. The summed E-state index contributed by atoms with van der Waals surface area (Å²) >= 11 is 0. The van der Waals surface area contributed by atoms with Crippen molar-refractivity contribution < 1.29 is 32.3 Å². The zero-order valence-corrected chi connectivity index (χ0v) is 19.2. The van der Waals surface area contributed by atoms with Crippen LogP contribution < -0.4 is 15.0 Å². The van der Waals surface area contributed by atoms with Gasteiger partial charge in [0.1, 0.15) is 18.0 Å². The van der Waals surface area contributed by atoms with Gasteiger partial charge in [-0.25, -0.2) is 9.69 Å². The standard InChI is InChI=1S/C19H17F3N4O4.C6H4/c1-11-17(28)26(14-3-5-15(6-4-14)30-19(20,21)22)18(29)25(11)16(24-12(2)27)13-7-9-23-10-8-13;1-2-5-4-6(5)3-1/h3-11,16H,1-2H3,(H,24,27);1-4H. The van der Waals surface area contributed by atoms with Gasteiger partial charge >= 0.3 is 12.4 Å². The van der Waals surface area contributed by atoms with E-state index in [9.17, 15) is 27.6 Å². The van der Waals surface area contributed by atoms with Crippen LogP contribution in [-0.2, 0) is 9.59 Å². The normalized spacial score (nSPS) is 16.8. The molecule has 2 unspecified atom stereocenters. The molecule has 1 aromatic heterocycles. The van der Waals surface area contributed by atoms with Gasteiger partial charge < -0.3 is 10.1 Å². The first-order valence-corrected chi connectivity index (χ1v) is 10.8. The summed E-state index contributed by atoms with van der Waals surface area (Å²) in [6.45, 7) is 2.77. The van der Waals surface area contributed by atoms with Crippen molar-refractivity contribution in [2.75, 3.05) is 4.90 Å². The van der Waals surface area contributed by atoms with Crippen LogP contribution in [0.25, 0.3) is 11.1 Å². The number of ether oxygens (including phenoxy) is 1. The van der Waals surface area contributed by atoms with Crippen molar-refractivity contribution in [3.8, 4) is 16.9 Å². The molecule has 0 radical (unpaired) electrons. The smallest absolute Gasteiger partial charge is 0.406 e. The predicted molar refractivity (Wildman–Crippen MR) is 124 cm³/mol. The molecule has 1 aromatic carbocycles. The molecule has 2 aromatic rings. The van der Waals surface area contributed by atoms with Crippen LogP contribution in [0.2, 0.25) is 0 Å². The van der Waals surface area contributed by atoms with E-state index in [1.807, 2.05) is 0 Å². The molecule has 0 saturated carbocycles. The highest BCUT2D eigenvalue weighted by atomic mass is 19.4. The minimum Gasteiger partial charge on any atom is -0.406 e. The number of fused-ring (bicyclic) bond motifs is 1. The van der Waals surface area contributed by atoms with E-state index >= 15 is 0 Å². The number of alkyl halides is 3. The summed E-state index contributed by atoms with van der Waals surface area (Å²) in [5.74, 6) is -1.49. The van der Waals surface area contributed by atoms with Gasteiger partial charge in [0.15, 0.2) is 0 Å². The van der Waals surface area contributed by atoms with E-state index in [1.165, 1.54) is 54.4 Å². The Bertz CT molecular complexity index is 1270. The van der Waals surface area contributed by atoms with Crippen LogP contribution in [0.1, 0.15) is 25.6 Å². The van der Waals surface area contributed by atoms with Crippen molar-refractivity contribution in [3.05, 3.63) is 78.6 Å². The monoisotopic (exact) mass is 498 g/mol. The lowest BCUT2D eigenvalue weighted by atomic mass is 10.1. The number of nitrogens with one attached hydrogen (secondary N) is 1. The summed E-state index contributed by atoms with van der Waals surface area (Å²) in [6, 6.07) is 14.4. The molecule has 8 nitrogen and oxygen atoms in total. The van der Waals surface area contributed by atoms with Crippen molar-refractivity contribution in [1.82, 2.24) is 15.2 Å². The molecule has 186 valence electrons. The summed E-state index contributed by atoms with van der Waals surface area (Å²) < 4.78 is 40.8. The van der Waals surface area contributed by atoms with Gasteiger partial charge in [-0.15, -0.1) is 13.2 Å². The highest BCUT2D eigenvalue weighted by Crippen LogP contribution is 2.33. The van der Waals surface area contributed by atoms with E-state index < -0.39 is 42.2 Å². The molecular weight excluding hydrogens is 477 g/mol. The van der Waals surface area contributed by atoms with Crippen LogP contribution in [-0.4, -0.2) is 40.1 Å². The first kappa shape index (κ1) is 24.7. The lowest BCUT2D eigenvalue weighted by Crippen LogP contribution is -2.45. The van der Waals surface area contributed by atoms with Gasteiger partial charge in [-0.05, 0) is 66.1 Å². The number of hydrogen-bond donors (Lipinski definition) is 1. The van der Waals surface area contributed by atoms with Crippen molar-refractivity contribution in [3.63, 3.8) is 0 Å². The van der Waals surface area contributed by atoms with Gasteiger partial charge in [-0.2, -0.15) is 0 Å². The number of imide groups is 1. The van der Waals surface area contributed by atoms with Crippen LogP contribution in [0.3, 0.4) is 0 Å². The fourth-order valence-electron chi connectivity index (χ4n) is 3.78. The zero-order chi connectivity index (χ0) is 26.0. The van der Waals surface area contributed by atoms with Gasteiger partial charge in [0, 0.05) is 19.3 Å². The molecule has 2 heterocycles. The maximum Gasteiger partial charge on any atom is 0.573 e. The second-order valence-corrected chi connectivity index (χ2v) is 8.05. The maximum absolute atomic E-state index is 13.1. The first-order chi connectivity index (χ1) is 17.0. The summed E-state index contributed by atoms with van der Waals surface area (Å²) in [4.78, 5) is 43.5. The Balaban J connectivity index is 0.000000434. The minimum absolute atomic E-state index is 0.0742. The Labute approximate surface area is 204 Å². The quantitative estimate of drug-likeness (QED) is 0.405. The predicted octanol–water partition coefficient (Wildman–Crippen LogP) is 4.64. The van der Waals surface area contributed by atoms with Crippen LogP contribution in [0, 0.1) is 0 Å². The highest BCUT2D eigenvalue weighted by molar-refractivity contribution is 6.21. The molecule has 1 N–H and O–H groups in total. The number of rotatable bonds is 5. The lowest BCUT2D eigenvalue weighted by molar-refractivity contribution is -0.274. The summed E-state index contributed by atoms with van der Waals surface area (Å²) in [7, 11) is 0. The molecule has 2 atom stereocenters. The topological polar surface area (TPSA) is 91.8 Å². The van der Waals surface area contributed by atoms with E-state index in [1.54, 1.807) is 12.1 Å². The molecule has 5 rings (SSSR count). The van der Waals surface area contributed by atoms with Gasteiger partial charge in [-0.3, -0.25) is 19.5 Å². The van der Waals surface area contributed by atoms with Crippen LogP contribution in [0.4, 0.5) is 23.7 Å². The first-order valence-electron chi connectivity index (χ1n) is 10.8. The Morgan fingerprint density at radius 2 is 1.64 bits per heavy atom. The number of carbonyl (C=O) groups is 3. The van der Waals surface area contributed by atoms with E-state index in [-0.39, 0.29) is 5.69 Å². The molecule has 2 aliphatic carbocycles. The average molecular weight is 498 g/mol. The van der Waals surface area contributed by atoms with Crippen LogP contribution in [0.5, 0.6) is 5.75 Å². The second kappa shape index (κ2) is 9.68. The summed E-state index contributed by atoms with van der Waals surface area (Å²) in [5, 5.41) is 2.64. The third kappa shape index (κ3) is 5.45. The van der Waals surface area contributed by atoms with E-state index in [0.717, 1.165) is 17.0 Å². The molecule has 36 heavy (non-hydrogen) atoms. The maximum atomic E-state index is 13.1. The zero-order valence-electron chi connectivity index (χ0n) is 19.2. The van der Waals surface area contributed by atoms with Crippen molar-refractivity contribution >= 4 is 23.5 Å². The van der Waals surface area contributed by atoms with E-state index in [0.29, 0.717) is 5.56 Å². The van der Waals surface area contributed by atoms with Crippen molar-refractivity contribution in [2.45, 2.75) is 32.4 Å². The minimum atomic E-state index is -4.86. The lowest BCUT2D eigenvalue weighted by Gasteiger charge is -2.30. The van der Waals surface area contributed by atoms with Crippen molar-refractivity contribution in [1.29, 1.82) is 0 Å². The average Bonchev–Trinajstić information content (AvgIpc) is 3.35. The molecule has 0 spiro atoms. The Kier molecular flexibility index (Phi) is 6.65. The van der Waals surface area contributed by atoms with Crippen LogP contribution in [0.15, 0.2) is 73.1 Å². The van der Waals surface area contributed by atoms with Gasteiger partial charge in [0.25, 0.3) is 5.91 Å². The number of benzene rings is 2.